The number of carbonyl (C=O) groups is 1. The van der Waals surface area contributed by atoms with Gasteiger partial charge in [-0.05, 0) is 30.7 Å². The van der Waals surface area contributed by atoms with Gasteiger partial charge in [-0.15, -0.1) is 0 Å². The summed E-state index contributed by atoms with van der Waals surface area (Å²) in [5.41, 5.74) is -0.571. The fourth-order valence-electron chi connectivity index (χ4n) is 2.10. The van der Waals surface area contributed by atoms with E-state index in [1.54, 1.807) is 0 Å². The number of aromatic nitrogens is 1. The average molecular weight is 392 g/mol. The molecule has 1 heterocycles. The Morgan fingerprint density at radius 2 is 1.85 bits per heavy atom. The van der Waals surface area contributed by atoms with Gasteiger partial charge in [-0.2, -0.15) is 26.3 Å². The lowest BCUT2D eigenvalue weighted by Gasteiger charge is -2.16. The van der Waals surface area contributed by atoms with Crippen LogP contribution in [0.15, 0.2) is 42.6 Å². The van der Waals surface area contributed by atoms with Crippen LogP contribution in [-0.4, -0.2) is 23.7 Å². The summed E-state index contributed by atoms with van der Waals surface area (Å²) in [7, 11) is 0. The summed E-state index contributed by atoms with van der Waals surface area (Å²) in [6.07, 6.45) is -8.01. The molecule has 0 fully saturated rings. The van der Waals surface area contributed by atoms with Crippen molar-refractivity contribution in [2.45, 2.75) is 25.3 Å². The molecule has 0 aliphatic heterocycles. The normalized spacial score (nSPS) is 13.1. The summed E-state index contributed by atoms with van der Waals surface area (Å²) in [5, 5.41) is 2.50. The molecule has 1 aromatic carbocycles. The summed E-state index contributed by atoms with van der Waals surface area (Å²) in [6, 6.07) is 6.07. The van der Waals surface area contributed by atoms with Gasteiger partial charge in [0.1, 0.15) is 0 Å². The second kappa shape index (κ2) is 7.85. The summed E-state index contributed by atoms with van der Waals surface area (Å²) in [6.45, 7) is -0.0141. The average Bonchev–Trinajstić information content (AvgIpc) is 2.59. The second-order valence-corrected chi connectivity index (χ2v) is 5.61. The van der Waals surface area contributed by atoms with Crippen LogP contribution in [0.1, 0.15) is 34.5 Å². The maximum absolute atomic E-state index is 12.8. The zero-order valence-electron chi connectivity index (χ0n) is 13.9. The quantitative estimate of drug-likeness (QED) is 0.761. The van der Waals surface area contributed by atoms with Crippen LogP contribution >= 0.6 is 0 Å². The topological polar surface area (TPSA) is 51.2 Å². The van der Waals surface area contributed by atoms with Crippen molar-refractivity contribution in [1.29, 1.82) is 0 Å². The highest BCUT2D eigenvalue weighted by Gasteiger charge is 2.31. The molecule has 0 bridgehead atoms. The van der Waals surface area contributed by atoms with E-state index >= 15 is 0 Å². The minimum Gasteiger partial charge on any atom is -0.468 e. The van der Waals surface area contributed by atoms with E-state index in [0.717, 1.165) is 24.4 Å². The number of rotatable bonds is 5. The molecule has 1 amide bonds. The first kappa shape index (κ1) is 20.5. The highest BCUT2D eigenvalue weighted by atomic mass is 19.4. The molecule has 146 valence electrons. The lowest BCUT2D eigenvalue weighted by molar-refractivity contribution is -0.154. The van der Waals surface area contributed by atoms with E-state index in [-0.39, 0.29) is 17.0 Å². The van der Waals surface area contributed by atoms with Crippen molar-refractivity contribution >= 4 is 5.91 Å². The molecule has 4 nitrogen and oxygen atoms in total. The molecule has 0 aliphatic carbocycles. The summed E-state index contributed by atoms with van der Waals surface area (Å²) in [4.78, 5) is 15.7. The van der Waals surface area contributed by atoms with Crippen molar-refractivity contribution in [3.8, 4) is 5.88 Å². The zero-order chi connectivity index (χ0) is 20.2. The molecule has 0 unspecified atom stereocenters. The smallest absolute Gasteiger partial charge is 0.422 e. The van der Waals surface area contributed by atoms with Gasteiger partial charge in [-0.1, -0.05) is 12.1 Å². The third kappa shape index (κ3) is 6.15. The molecule has 0 saturated carbocycles. The molecular formula is C17H14F6N2O2. The number of nitrogens with one attached hydrogen (secondary N) is 1. The number of amides is 1. The Morgan fingerprint density at radius 3 is 2.41 bits per heavy atom. The van der Waals surface area contributed by atoms with E-state index in [1.165, 1.54) is 25.1 Å². The van der Waals surface area contributed by atoms with E-state index in [4.69, 9.17) is 0 Å². The Labute approximate surface area is 150 Å². The number of benzene rings is 1. The molecule has 0 spiro atoms. The van der Waals surface area contributed by atoms with Gasteiger partial charge < -0.3 is 10.1 Å². The minimum absolute atomic E-state index is 0.0215. The summed E-state index contributed by atoms with van der Waals surface area (Å²) in [5.74, 6) is -0.954. The summed E-state index contributed by atoms with van der Waals surface area (Å²) < 4.78 is 78.9. The Morgan fingerprint density at radius 1 is 1.15 bits per heavy atom. The molecule has 1 N–H and O–H groups in total. The van der Waals surface area contributed by atoms with Crippen LogP contribution in [-0.2, 0) is 6.18 Å². The van der Waals surface area contributed by atoms with Crippen LogP contribution in [0.5, 0.6) is 5.88 Å². The van der Waals surface area contributed by atoms with Crippen molar-refractivity contribution in [3.63, 3.8) is 0 Å². The van der Waals surface area contributed by atoms with Crippen LogP contribution in [0.4, 0.5) is 26.3 Å². The standard InChI is InChI=1S/C17H14F6N2O2/c1-10(11-3-2-4-13(7-11)17(21,22)23)25-15(26)12-5-6-14(24-8-12)27-9-16(18,19)20/h2-8,10H,9H2,1H3,(H,25,26)/t10-/m0/s1. The fraction of sp³-hybridized carbons (Fsp3) is 0.294. The molecule has 27 heavy (non-hydrogen) atoms. The molecule has 10 heteroatoms. The van der Waals surface area contributed by atoms with Gasteiger partial charge in [-0.25, -0.2) is 4.98 Å². The van der Waals surface area contributed by atoms with Gasteiger partial charge in [0.05, 0.1) is 17.2 Å². The molecule has 2 aromatic rings. The molecule has 0 aliphatic rings. The van der Waals surface area contributed by atoms with E-state index in [0.29, 0.717) is 0 Å². The predicted molar refractivity (Wildman–Crippen MR) is 83.1 cm³/mol. The van der Waals surface area contributed by atoms with E-state index in [1.807, 2.05) is 0 Å². The van der Waals surface area contributed by atoms with Crippen molar-refractivity contribution in [2.24, 2.45) is 0 Å². The van der Waals surface area contributed by atoms with Gasteiger partial charge >= 0.3 is 12.4 Å². The molecule has 0 saturated heterocycles. The third-order valence-corrected chi connectivity index (χ3v) is 3.44. The number of carbonyl (C=O) groups excluding carboxylic acids is 1. The van der Waals surface area contributed by atoms with Crippen LogP contribution in [0, 0.1) is 0 Å². The SMILES string of the molecule is C[C@H](NC(=O)c1ccc(OCC(F)(F)F)nc1)c1cccc(C(F)(F)F)c1. The van der Waals surface area contributed by atoms with E-state index in [9.17, 15) is 31.1 Å². The first-order valence-electron chi connectivity index (χ1n) is 7.59. The lowest BCUT2D eigenvalue weighted by Crippen LogP contribution is -2.27. The van der Waals surface area contributed by atoms with Crippen molar-refractivity contribution in [1.82, 2.24) is 10.3 Å². The van der Waals surface area contributed by atoms with Crippen LogP contribution < -0.4 is 10.1 Å². The van der Waals surface area contributed by atoms with Gasteiger partial charge in [0, 0.05) is 12.3 Å². The minimum atomic E-state index is -4.52. The zero-order valence-corrected chi connectivity index (χ0v) is 13.9. The lowest BCUT2D eigenvalue weighted by atomic mass is 10.0. The number of ether oxygens (including phenoxy) is 1. The number of hydrogen-bond donors (Lipinski definition) is 1. The van der Waals surface area contributed by atoms with E-state index in [2.05, 4.69) is 15.0 Å². The molecule has 1 aromatic heterocycles. The first-order valence-corrected chi connectivity index (χ1v) is 7.59. The van der Waals surface area contributed by atoms with Crippen LogP contribution in [0.3, 0.4) is 0 Å². The van der Waals surface area contributed by atoms with Crippen LogP contribution in [0.25, 0.3) is 0 Å². The highest BCUT2D eigenvalue weighted by molar-refractivity contribution is 5.94. The number of hydrogen-bond acceptors (Lipinski definition) is 3. The highest BCUT2D eigenvalue weighted by Crippen LogP contribution is 2.30. The van der Waals surface area contributed by atoms with Crippen molar-refractivity contribution in [3.05, 3.63) is 59.3 Å². The second-order valence-electron chi connectivity index (χ2n) is 5.61. The van der Waals surface area contributed by atoms with Gasteiger partial charge in [0.2, 0.25) is 5.88 Å². The first-order chi connectivity index (χ1) is 12.5. The van der Waals surface area contributed by atoms with Gasteiger partial charge in [-0.3, -0.25) is 4.79 Å². The monoisotopic (exact) mass is 392 g/mol. The van der Waals surface area contributed by atoms with Gasteiger partial charge in [0.15, 0.2) is 6.61 Å². The number of pyridine rings is 1. The van der Waals surface area contributed by atoms with Crippen molar-refractivity contribution < 1.29 is 35.9 Å². The molecule has 2 rings (SSSR count). The Bertz CT molecular complexity index is 787. The fourth-order valence-corrected chi connectivity index (χ4v) is 2.10. The predicted octanol–water partition coefficient (Wildman–Crippen LogP) is 4.53. The Kier molecular flexibility index (Phi) is 5.97. The number of halogens is 6. The molecular weight excluding hydrogens is 378 g/mol. The number of nitrogens with zero attached hydrogens (tertiary/aromatic N) is 1. The van der Waals surface area contributed by atoms with Crippen molar-refractivity contribution in [2.75, 3.05) is 6.61 Å². The maximum Gasteiger partial charge on any atom is 0.422 e. The van der Waals surface area contributed by atoms with E-state index < -0.39 is 36.5 Å². The third-order valence-electron chi connectivity index (χ3n) is 3.44. The largest absolute Gasteiger partial charge is 0.468 e. The Hall–Kier alpha value is -2.78. The number of alkyl halides is 6. The molecule has 0 radical (unpaired) electrons. The maximum atomic E-state index is 12.8. The molecule has 1 atom stereocenters. The van der Waals surface area contributed by atoms with Gasteiger partial charge in [0.25, 0.3) is 5.91 Å². The Balaban J connectivity index is 2.02. The van der Waals surface area contributed by atoms with Crippen LogP contribution in [0.2, 0.25) is 0 Å². The summed E-state index contributed by atoms with van der Waals surface area (Å²) >= 11 is 0.